The highest BCUT2D eigenvalue weighted by atomic mass is 16.6. The quantitative estimate of drug-likeness (QED) is 0.466. The standard InChI is InChI=1S/C26H28O7/c1-25(2)13-12-16-20(29)18(17(28)11-8-14-6-9-15(27)10-7-14)23-19(22(16)32-25)21(30)24(31-5)26(3,4)33-23/h6-13,21,24,27,29-30H,1-5H3. The van der Waals surface area contributed by atoms with E-state index in [0.717, 1.165) is 0 Å². The molecule has 7 nitrogen and oxygen atoms in total. The number of hydrogen-bond donors (Lipinski definition) is 3. The molecule has 3 N–H and O–H groups in total. The number of phenols is 2. The summed E-state index contributed by atoms with van der Waals surface area (Å²) in [6.45, 7) is 7.19. The minimum Gasteiger partial charge on any atom is -0.508 e. The molecule has 33 heavy (non-hydrogen) atoms. The maximum atomic E-state index is 13.3. The fourth-order valence-corrected chi connectivity index (χ4v) is 4.29. The number of ether oxygens (including phenoxy) is 3. The molecule has 2 aromatic carbocycles. The highest BCUT2D eigenvalue weighted by Gasteiger charge is 2.48. The number of aliphatic hydroxyl groups excluding tert-OH is 1. The number of aliphatic hydroxyl groups is 1. The second-order valence-electron chi connectivity index (χ2n) is 9.34. The van der Waals surface area contributed by atoms with Crippen LogP contribution in [0.1, 0.15) is 60.8 Å². The van der Waals surface area contributed by atoms with Gasteiger partial charge in [0.1, 0.15) is 52.0 Å². The summed E-state index contributed by atoms with van der Waals surface area (Å²) in [4.78, 5) is 13.3. The predicted molar refractivity (Wildman–Crippen MR) is 124 cm³/mol. The lowest BCUT2D eigenvalue weighted by Gasteiger charge is -2.44. The fourth-order valence-electron chi connectivity index (χ4n) is 4.29. The summed E-state index contributed by atoms with van der Waals surface area (Å²) >= 11 is 0. The van der Waals surface area contributed by atoms with Gasteiger partial charge in [-0.25, -0.2) is 0 Å². The number of fused-ring (bicyclic) bond motifs is 3. The van der Waals surface area contributed by atoms with E-state index in [1.807, 2.05) is 13.8 Å². The number of allylic oxidation sites excluding steroid dienone is 1. The number of benzene rings is 2. The third-order valence-corrected chi connectivity index (χ3v) is 5.92. The van der Waals surface area contributed by atoms with E-state index in [0.29, 0.717) is 11.1 Å². The molecule has 0 aliphatic carbocycles. The molecule has 0 radical (unpaired) electrons. The SMILES string of the molecule is COC1C(O)c2c3c(c(O)c(C(=O)C=Cc4ccc(O)cc4)c2OC1(C)C)C=CC(C)(C)O3. The number of phenolic OH excluding ortho intramolecular Hbond substituents is 2. The zero-order valence-corrected chi connectivity index (χ0v) is 19.2. The molecule has 174 valence electrons. The van der Waals surface area contributed by atoms with Gasteiger partial charge in [-0.15, -0.1) is 0 Å². The Balaban J connectivity index is 1.90. The Morgan fingerprint density at radius 1 is 1.06 bits per heavy atom. The van der Waals surface area contributed by atoms with E-state index < -0.39 is 29.2 Å². The molecule has 0 fully saturated rings. The van der Waals surface area contributed by atoms with Crippen LogP contribution >= 0.6 is 0 Å². The highest BCUT2D eigenvalue weighted by molar-refractivity contribution is 6.12. The Labute approximate surface area is 192 Å². The van der Waals surface area contributed by atoms with Gasteiger partial charge < -0.3 is 29.5 Å². The van der Waals surface area contributed by atoms with Crippen molar-refractivity contribution in [2.24, 2.45) is 0 Å². The second-order valence-corrected chi connectivity index (χ2v) is 9.34. The molecule has 2 unspecified atom stereocenters. The number of carbonyl (C=O) groups excluding carboxylic acids is 1. The zero-order chi connectivity index (χ0) is 24.1. The summed E-state index contributed by atoms with van der Waals surface area (Å²) in [6, 6.07) is 6.34. The van der Waals surface area contributed by atoms with Crippen LogP contribution in [0.4, 0.5) is 0 Å². The van der Waals surface area contributed by atoms with Crippen molar-refractivity contribution < 1.29 is 34.3 Å². The summed E-state index contributed by atoms with van der Waals surface area (Å²) in [6.07, 6.45) is 4.46. The number of carbonyl (C=O) groups is 1. The molecule has 2 atom stereocenters. The summed E-state index contributed by atoms with van der Waals surface area (Å²) in [7, 11) is 1.48. The molecule has 0 saturated heterocycles. The Bertz CT molecular complexity index is 1160. The van der Waals surface area contributed by atoms with Crippen LogP contribution in [-0.2, 0) is 4.74 Å². The van der Waals surface area contributed by atoms with Crippen molar-refractivity contribution in [2.75, 3.05) is 7.11 Å². The lowest BCUT2D eigenvalue weighted by atomic mass is 9.83. The van der Waals surface area contributed by atoms with Gasteiger partial charge in [-0.3, -0.25) is 4.79 Å². The Morgan fingerprint density at radius 2 is 1.73 bits per heavy atom. The molecule has 0 amide bonds. The van der Waals surface area contributed by atoms with Gasteiger partial charge in [0.15, 0.2) is 5.78 Å². The minimum atomic E-state index is -1.15. The van der Waals surface area contributed by atoms with E-state index in [4.69, 9.17) is 14.2 Å². The maximum Gasteiger partial charge on any atom is 0.193 e. The first-order chi connectivity index (χ1) is 15.4. The van der Waals surface area contributed by atoms with Crippen LogP contribution in [0, 0.1) is 0 Å². The normalized spacial score (nSPS) is 22.2. The molecule has 0 saturated carbocycles. The second kappa shape index (κ2) is 7.93. The van der Waals surface area contributed by atoms with Crippen LogP contribution in [0.25, 0.3) is 12.2 Å². The molecule has 0 bridgehead atoms. The summed E-state index contributed by atoms with van der Waals surface area (Å²) in [5.41, 5.74) is -0.476. The van der Waals surface area contributed by atoms with E-state index in [1.54, 1.807) is 44.2 Å². The van der Waals surface area contributed by atoms with Gasteiger partial charge in [-0.1, -0.05) is 18.2 Å². The van der Waals surface area contributed by atoms with Gasteiger partial charge in [0.2, 0.25) is 0 Å². The van der Waals surface area contributed by atoms with Crippen LogP contribution in [-0.4, -0.2) is 45.5 Å². The van der Waals surface area contributed by atoms with Crippen molar-refractivity contribution in [2.45, 2.75) is 51.1 Å². The minimum absolute atomic E-state index is 0.0617. The van der Waals surface area contributed by atoms with Gasteiger partial charge >= 0.3 is 0 Å². The molecular formula is C26H28O7. The molecule has 7 heteroatoms. The molecule has 4 rings (SSSR count). The van der Waals surface area contributed by atoms with E-state index in [-0.39, 0.29) is 34.1 Å². The summed E-state index contributed by atoms with van der Waals surface area (Å²) < 4.78 is 17.8. The largest absolute Gasteiger partial charge is 0.508 e. The smallest absolute Gasteiger partial charge is 0.193 e. The monoisotopic (exact) mass is 452 g/mol. The number of ketones is 1. The predicted octanol–water partition coefficient (Wildman–Crippen LogP) is 4.40. The maximum absolute atomic E-state index is 13.3. The molecule has 2 aromatic rings. The van der Waals surface area contributed by atoms with Crippen LogP contribution in [0.15, 0.2) is 36.4 Å². The van der Waals surface area contributed by atoms with Gasteiger partial charge in [0.05, 0.1) is 11.1 Å². The summed E-state index contributed by atoms with van der Waals surface area (Å²) in [5, 5.41) is 31.9. The van der Waals surface area contributed by atoms with E-state index in [2.05, 4.69) is 0 Å². The van der Waals surface area contributed by atoms with E-state index in [1.165, 1.54) is 25.3 Å². The topological polar surface area (TPSA) is 105 Å². The van der Waals surface area contributed by atoms with Crippen molar-refractivity contribution in [1.29, 1.82) is 0 Å². The number of rotatable bonds is 4. The average molecular weight is 453 g/mol. The first-order valence-electron chi connectivity index (χ1n) is 10.7. The van der Waals surface area contributed by atoms with Gasteiger partial charge in [0.25, 0.3) is 0 Å². The highest BCUT2D eigenvalue weighted by Crippen LogP contribution is 2.54. The Kier molecular flexibility index (Phi) is 5.50. The lowest BCUT2D eigenvalue weighted by molar-refractivity contribution is -0.130. The van der Waals surface area contributed by atoms with Crippen molar-refractivity contribution >= 4 is 17.9 Å². The van der Waals surface area contributed by atoms with Crippen LogP contribution in [0.5, 0.6) is 23.0 Å². The first kappa shape index (κ1) is 22.9. The van der Waals surface area contributed by atoms with E-state index in [9.17, 15) is 20.1 Å². The van der Waals surface area contributed by atoms with Crippen molar-refractivity contribution in [3.8, 4) is 23.0 Å². The molecule has 2 heterocycles. The molecule has 2 aliphatic rings. The van der Waals surface area contributed by atoms with Crippen LogP contribution in [0.2, 0.25) is 0 Å². The average Bonchev–Trinajstić information content (AvgIpc) is 2.72. The third-order valence-electron chi connectivity index (χ3n) is 5.92. The summed E-state index contributed by atoms with van der Waals surface area (Å²) in [5.74, 6) is -0.332. The van der Waals surface area contributed by atoms with Crippen LogP contribution < -0.4 is 9.47 Å². The fraction of sp³-hybridized carbons (Fsp3) is 0.346. The Hall–Kier alpha value is -3.29. The van der Waals surface area contributed by atoms with Crippen molar-refractivity contribution in [3.05, 3.63) is 58.7 Å². The van der Waals surface area contributed by atoms with Crippen molar-refractivity contribution in [1.82, 2.24) is 0 Å². The van der Waals surface area contributed by atoms with Gasteiger partial charge in [-0.2, -0.15) is 0 Å². The van der Waals surface area contributed by atoms with Crippen molar-refractivity contribution in [3.63, 3.8) is 0 Å². The number of hydrogen-bond acceptors (Lipinski definition) is 7. The van der Waals surface area contributed by atoms with Gasteiger partial charge in [0, 0.05) is 7.11 Å². The van der Waals surface area contributed by atoms with Gasteiger partial charge in [-0.05, 0) is 63.6 Å². The molecular weight excluding hydrogens is 424 g/mol. The molecule has 0 spiro atoms. The molecule has 2 aliphatic heterocycles. The Morgan fingerprint density at radius 3 is 2.36 bits per heavy atom. The molecule has 0 aromatic heterocycles. The lowest BCUT2D eigenvalue weighted by Crippen LogP contribution is -2.50. The number of methoxy groups -OCH3 is 1. The first-order valence-corrected chi connectivity index (χ1v) is 10.7. The zero-order valence-electron chi connectivity index (χ0n) is 19.2. The third kappa shape index (κ3) is 3.98. The van der Waals surface area contributed by atoms with E-state index >= 15 is 0 Å². The number of aromatic hydroxyl groups is 2. The van der Waals surface area contributed by atoms with Crippen LogP contribution in [0.3, 0.4) is 0 Å².